The monoisotopic (exact) mass is 477 g/mol. The van der Waals surface area contributed by atoms with Crippen molar-refractivity contribution in [2.24, 2.45) is 5.92 Å². The molecule has 0 saturated heterocycles. The van der Waals surface area contributed by atoms with Crippen molar-refractivity contribution in [2.45, 2.75) is 12.6 Å². The van der Waals surface area contributed by atoms with E-state index in [1.165, 1.54) is 36.5 Å². The van der Waals surface area contributed by atoms with Crippen LogP contribution in [0.1, 0.15) is 6.42 Å². The summed E-state index contributed by atoms with van der Waals surface area (Å²) in [6, 6.07) is 7.28. The second kappa shape index (κ2) is 8.70. The summed E-state index contributed by atoms with van der Waals surface area (Å²) in [5.41, 5.74) is 6.04. The maximum absolute atomic E-state index is 14.2. The Hall–Kier alpha value is -3.66. The Bertz CT molecular complexity index is 1240. The molecule has 11 heteroatoms. The molecule has 33 heavy (non-hydrogen) atoms. The topological polar surface area (TPSA) is 96.7 Å². The number of hydrogen-bond donors (Lipinski definition) is 3. The van der Waals surface area contributed by atoms with Gasteiger partial charge in [0.2, 0.25) is 5.91 Å². The van der Waals surface area contributed by atoms with Gasteiger partial charge in [0, 0.05) is 11.8 Å². The van der Waals surface area contributed by atoms with Gasteiger partial charge in [-0.05, 0) is 30.7 Å². The van der Waals surface area contributed by atoms with Crippen molar-refractivity contribution in [1.82, 2.24) is 15.0 Å². The molecule has 0 saturated carbocycles. The average molecular weight is 478 g/mol. The van der Waals surface area contributed by atoms with Crippen molar-refractivity contribution in [3.05, 3.63) is 71.2 Å². The van der Waals surface area contributed by atoms with E-state index in [9.17, 15) is 22.4 Å². The van der Waals surface area contributed by atoms with E-state index in [0.29, 0.717) is 11.3 Å². The number of carbonyl (C=O) groups is 1. The lowest BCUT2D eigenvalue weighted by atomic mass is 9.95. The fourth-order valence-corrected chi connectivity index (χ4v) is 3.59. The molecule has 0 aliphatic heterocycles. The standard InChI is InChI=1S/C22H16ClF4N5O/c23-14-5-2-6-15(24)17(14)20-31-18(19(28)32-20)12-7-8-16(29-10-12)30-21(33)11-3-1-4-13(9-11)22(25,26)27/h1-2,4-11H,3,28H2,(H,31,32)(H,29,30,33). The third-order valence-electron chi connectivity index (χ3n) is 4.97. The number of amides is 1. The second-order valence-corrected chi connectivity index (χ2v) is 7.64. The molecule has 1 atom stereocenters. The minimum Gasteiger partial charge on any atom is -0.382 e. The highest BCUT2D eigenvalue weighted by molar-refractivity contribution is 6.33. The molecule has 4 N–H and O–H groups in total. The number of nitrogen functional groups attached to an aromatic ring is 1. The normalized spacial score (nSPS) is 15.9. The third kappa shape index (κ3) is 4.75. The molecular formula is C22H16ClF4N5O. The number of nitrogens with one attached hydrogen (secondary N) is 2. The number of alkyl halides is 3. The van der Waals surface area contributed by atoms with Gasteiger partial charge in [-0.1, -0.05) is 35.9 Å². The van der Waals surface area contributed by atoms with E-state index in [1.54, 1.807) is 6.07 Å². The molecule has 1 aliphatic rings. The molecule has 0 bridgehead atoms. The van der Waals surface area contributed by atoms with Crippen molar-refractivity contribution in [1.29, 1.82) is 0 Å². The van der Waals surface area contributed by atoms with E-state index in [1.807, 2.05) is 0 Å². The van der Waals surface area contributed by atoms with Gasteiger partial charge >= 0.3 is 6.18 Å². The first-order valence-corrected chi connectivity index (χ1v) is 10.0. The molecule has 1 aromatic carbocycles. The molecule has 1 aliphatic carbocycles. The highest BCUT2D eigenvalue weighted by atomic mass is 35.5. The average Bonchev–Trinajstić information content (AvgIpc) is 3.14. The van der Waals surface area contributed by atoms with Gasteiger partial charge in [0.05, 0.1) is 27.8 Å². The van der Waals surface area contributed by atoms with Crippen molar-refractivity contribution in [3.63, 3.8) is 0 Å². The number of allylic oxidation sites excluding steroid dienone is 3. The Kier molecular flexibility index (Phi) is 5.94. The first kappa shape index (κ1) is 22.5. The van der Waals surface area contributed by atoms with Crippen LogP contribution in [0.2, 0.25) is 5.02 Å². The van der Waals surface area contributed by atoms with Crippen LogP contribution in [-0.4, -0.2) is 27.0 Å². The molecule has 0 fully saturated rings. The first-order valence-electron chi connectivity index (χ1n) is 9.66. The Morgan fingerprint density at radius 2 is 2.03 bits per heavy atom. The largest absolute Gasteiger partial charge is 0.416 e. The lowest BCUT2D eigenvalue weighted by Crippen LogP contribution is -2.25. The number of nitrogens with two attached hydrogens (primary N) is 1. The summed E-state index contributed by atoms with van der Waals surface area (Å²) in [4.78, 5) is 23.6. The Balaban J connectivity index is 1.52. The molecular weight excluding hydrogens is 462 g/mol. The van der Waals surface area contributed by atoms with Crippen molar-refractivity contribution in [3.8, 4) is 22.6 Å². The van der Waals surface area contributed by atoms with Crippen LogP contribution in [0.25, 0.3) is 22.6 Å². The number of H-pyrrole nitrogens is 1. The van der Waals surface area contributed by atoms with Gasteiger partial charge in [0.15, 0.2) is 0 Å². The molecule has 3 aromatic rings. The zero-order valence-electron chi connectivity index (χ0n) is 16.8. The van der Waals surface area contributed by atoms with E-state index in [4.69, 9.17) is 17.3 Å². The second-order valence-electron chi connectivity index (χ2n) is 7.23. The Morgan fingerprint density at radius 3 is 2.70 bits per heavy atom. The van der Waals surface area contributed by atoms with E-state index in [-0.39, 0.29) is 34.5 Å². The number of rotatable bonds is 4. The number of carbonyl (C=O) groups excluding carboxylic acids is 1. The number of aromatic nitrogens is 3. The molecule has 0 spiro atoms. The number of pyridine rings is 1. The zero-order chi connectivity index (χ0) is 23.8. The van der Waals surface area contributed by atoms with Crippen LogP contribution >= 0.6 is 11.6 Å². The Labute approximate surface area is 190 Å². The number of anilines is 2. The van der Waals surface area contributed by atoms with E-state index < -0.39 is 29.4 Å². The molecule has 170 valence electrons. The van der Waals surface area contributed by atoms with Crippen LogP contribution in [0.3, 0.4) is 0 Å². The molecule has 0 radical (unpaired) electrons. The van der Waals surface area contributed by atoms with Gasteiger partial charge in [-0.2, -0.15) is 13.2 Å². The molecule has 2 aromatic heterocycles. The van der Waals surface area contributed by atoms with Gasteiger partial charge in [-0.15, -0.1) is 0 Å². The van der Waals surface area contributed by atoms with Crippen molar-refractivity contribution in [2.75, 3.05) is 11.1 Å². The zero-order valence-corrected chi connectivity index (χ0v) is 17.5. The number of halogens is 5. The number of benzene rings is 1. The van der Waals surface area contributed by atoms with Crippen molar-refractivity contribution >= 4 is 29.1 Å². The highest BCUT2D eigenvalue weighted by Crippen LogP contribution is 2.34. The summed E-state index contributed by atoms with van der Waals surface area (Å²) in [5.74, 6) is -1.78. The maximum Gasteiger partial charge on any atom is 0.416 e. The quantitative estimate of drug-likeness (QED) is 0.431. The number of hydrogen-bond acceptors (Lipinski definition) is 4. The summed E-state index contributed by atoms with van der Waals surface area (Å²) in [7, 11) is 0. The molecule has 6 nitrogen and oxygen atoms in total. The van der Waals surface area contributed by atoms with Crippen molar-refractivity contribution < 1.29 is 22.4 Å². The number of aromatic amines is 1. The van der Waals surface area contributed by atoms with E-state index in [2.05, 4.69) is 20.3 Å². The smallest absolute Gasteiger partial charge is 0.382 e. The van der Waals surface area contributed by atoms with Gasteiger partial charge in [0.1, 0.15) is 23.3 Å². The van der Waals surface area contributed by atoms with Gasteiger partial charge < -0.3 is 16.0 Å². The fourth-order valence-electron chi connectivity index (χ4n) is 3.34. The lowest BCUT2D eigenvalue weighted by molar-refractivity contribution is -0.118. The van der Waals surface area contributed by atoms with Crippen LogP contribution < -0.4 is 11.1 Å². The summed E-state index contributed by atoms with van der Waals surface area (Å²) < 4.78 is 52.9. The van der Waals surface area contributed by atoms with E-state index in [0.717, 1.165) is 12.2 Å². The maximum atomic E-state index is 14.2. The fraction of sp³-hybridized carbons (Fsp3) is 0.136. The van der Waals surface area contributed by atoms with E-state index >= 15 is 0 Å². The SMILES string of the molecule is Nc1nc(-c2c(F)cccc2Cl)[nH]c1-c1ccc(NC(=O)C2C=C(C(F)(F)F)C=CC2)nc1. The van der Waals surface area contributed by atoms with Crippen LogP contribution in [0.5, 0.6) is 0 Å². The van der Waals surface area contributed by atoms with Gasteiger partial charge in [-0.25, -0.2) is 14.4 Å². The Morgan fingerprint density at radius 1 is 1.24 bits per heavy atom. The molecule has 1 unspecified atom stereocenters. The summed E-state index contributed by atoms with van der Waals surface area (Å²) in [6.45, 7) is 0. The highest BCUT2D eigenvalue weighted by Gasteiger charge is 2.34. The third-order valence-corrected chi connectivity index (χ3v) is 5.28. The number of imidazole rings is 1. The van der Waals surface area contributed by atoms with Crippen LogP contribution in [0, 0.1) is 11.7 Å². The minimum atomic E-state index is -4.52. The van der Waals surface area contributed by atoms with Gasteiger partial charge in [0.25, 0.3) is 0 Å². The van der Waals surface area contributed by atoms with Gasteiger partial charge in [-0.3, -0.25) is 4.79 Å². The summed E-state index contributed by atoms with van der Waals surface area (Å²) >= 11 is 6.07. The first-order chi connectivity index (χ1) is 15.6. The summed E-state index contributed by atoms with van der Waals surface area (Å²) in [6.07, 6.45) is 0.174. The molecule has 2 heterocycles. The predicted octanol–water partition coefficient (Wildman–Crippen LogP) is 5.52. The van der Waals surface area contributed by atoms with Crippen LogP contribution in [0.4, 0.5) is 29.2 Å². The number of nitrogens with zero attached hydrogens (tertiary/aromatic N) is 2. The molecule has 4 rings (SSSR count). The lowest BCUT2D eigenvalue weighted by Gasteiger charge is -2.18. The predicted molar refractivity (Wildman–Crippen MR) is 117 cm³/mol. The molecule has 1 amide bonds. The van der Waals surface area contributed by atoms with Crippen LogP contribution in [0.15, 0.2) is 60.3 Å². The minimum absolute atomic E-state index is 0.0711. The summed E-state index contributed by atoms with van der Waals surface area (Å²) in [5, 5.41) is 2.66. The van der Waals surface area contributed by atoms with Crippen LogP contribution in [-0.2, 0) is 4.79 Å².